The lowest BCUT2D eigenvalue weighted by Crippen LogP contribution is -2.05. The Bertz CT molecular complexity index is 452. The molecule has 1 aromatic rings. The fraction of sp³-hybridized carbons (Fsp3) is 0.556. The number of hydrogen-bond donors (Lipinski definition) is 1. The lowest BCUT2D eigenvalue weighted by atomic mass is 10.3. The Morgan fingerprint density at radius 3 is 2.44 bits per heavy atom. The minimum atomic E-state index is -3.71. The molecule has 1 atom stereocenters. The Hall–Kier alpha value is -0.790. The van der Waals surface area contributed by atoms with Gasteiger partial charge in [-0.15, -0.1) is 0 Å². The SMILES string of the molecule is CCOP(=O)(OCC)C(O)c1csc([N+](=O)[O-])c1. The van der Waals surface area contributed by atoms with Crippen LogP contribution in [0.2, 0.25) is 0 Å². The first kappa shape index (κ1) is 15.3. The predicted octanol–water partition coefficient (Wildman–Crippen LogP) is 2.91. The second kappa shape index (κ2) is 6.40. The summed E-state index contributed by atoms with van der Waals surface area (Å²) < 4.78 is 22.2. The van der Waals surface area contributed by atoms with E-state index in [9.17, 15) is 19.8 Å². The Balaban J connectivity index is 2.97. The van der Waals surface area contributed by atoms with Crippen molar-refractivity contribution in [1.82, 2.24) is 0 Å². The summed E-state index contributed by atoms with van der Waals surface area (Å²) in [7, 11) is -3.71. The second-order valence-electron chi connectivity index (χ2n) is 3.22. The van der Waals surface area contributed by atoms with Crippen molar-refractivity contribution in [3.8, 4) is 0 Å². The molecule has 0 spiro atoms. The van der Waals surface area contributed by atoms with Gasteiger partial charge < -0.3 is 14.2 Å². The van der Waals surface area contributed by atoms with Crippen LogP contribution < -0.4 is 0 Å². The molecule has 1 N–H and O–H groups in total. The number of hydrogen-bond acceptors (Lipinski definition) is 7. The summed E-state index contributed by atoms with van der Waals surface area (Å²) in [5, 5.41) is 21.7. The van der Waals surface area contributed by atoms with E-state index in [2.05, 4.69) is 0 Å². The number of rotatable bonds is 7. The molecule has 1 aromatic heterocycles. The highest BCUT2D eigenvalue weighted by atomic mass is 32.1. The van der Waals surface area contributed by atoms with E-state index >= 15 is 0 Å². The normalized spacial score (nSPS) is 13.5. The average Bonchev–Trinajstić information content (AvgIpc) is 2.77. The number of aliphatic hydroxyl groups is 1. The lowest BCUT2D eigenvalue weighted by molar-refractivity contribution is -0.380. The third-order valence-corrected chi connectivity index (χ3v) is 5.03. The highest BCUT2D eigenvalue weighted by Gasteiger charge is 2.36. The van der Waals surface area contributed by atoms with Gasteiger partial charge in [0, 0.05) is 17.0 Å². The summed E-state index contributed by atoms with van der Waals surface area (Å²) in [6.45, 7) is 3.46. The van der Waals surface area contributed by atoms with Gasteiger partial charge in [-0.1, -0.05) is 11.3 Å². The quantitative estimate of drug-likeness (QED) is 0.471. The third kappa shape index (κ3) is 3.37. The summed E-state index contributed by atoms with van der Waals surface area (Å²) in [5.74, 6) is -1.51. The molecule has 0 saturated carbocycles. The Labute approximate surface area is 108 Å². The van der Waals surface area contributed by atoms with Crippen LogP contribution in [0.1, 0.15) is 25.3 Å². The molecule has 0 aliphatic carbocycles. The van der Waals surface area contributed by atoms with Crippen molar-refractivity contribution in [2.45, 2.75) is 19.7 Å². The molecule has 0 amide bonds. The molecule has 0 aliphatic rings. The van der Waals surface area contributed by atoms with Gasteiger partial charge in [0.25, 0.3) is 0 Å². The van der Waals surface area contributed by atoms with E-state index in [1.165, 1.54) is 11.4 Å². The van der Waals surface area contributed by atoms with Gasteiger partial charge in [-0.2, -0.15) is 0 Å². The van der Waals surface area contributed by atoms with Crippen molar-refractivity contribution in [2.75, 3.05) is 13.2 Å². The summed E-state index contributed by atoms with van der Waals surface area (Å²) in [6.07, 6.45) is 0. The fourth-order valence-electron chi connectivity index (χ4n) is 1.29. The van der Waals surface area contributed by atoms with Crippen LogP contribution in [0.25, 0.3) is 0 Å². The molecule has 0 bridgehead atoms. The van der Waals surface area contributed by atoms with Gasteiger partial charge in [-0.25, -0.2) is 0 Å². The fourth-order valence-corrected chi connectivity index (χ4v) is 3.73. The van der Waals surface area contributed by atoms with Crippen LogP contribution in [-0.2, 0) is 13.6 Å². The van der Waals surface area contributed by atoms with E-state index in [0.29, 0.717) is 0 Å². The van der Waals surface area contributed by atoms with Crippen molar-refractivity contribution >= 4 is 23.9 Å². The first-order valence-corrected chi connectivity index (χ1v) is 7.73. The Kier molecular flexibility index (Phi) is 5.43. The molecule has 102 valence electrons. The van der Waals surface area contributed by atoms with Gasteiger partial charge >= 0.3 is 12.6 Å². The van der Waals surface area contributed by atoms with Gasteiger partial charge in [0.15, 0.2) is 5.85 Å². The third-order valence-electron chi connectivity index (χ3n) is 2.00. The molecule has 0 aromatic carbocycles. The van der Waals surface area contributed by atoms with Crippen LogP contribution in [0.15, 0.2) is 11.4 Å². The Morgan fingerprint density at radius 1 is 1.50 bits per heavy atom. The van der Waals surface area contributed by atoms with Crippen molar-refractivity contribution in [3.05, 3.63) is 27.1 Å². The standard InChI is InChI=1S/C9H14NO6PS/c1-3-15-17(14,16-4-2)9(11)7-5-8(10(12)13)18-6-7/h5-6,9,11H,3-4H2,1-2H3. The zero-order valence-electron chi connectivity index (χ0n) is 9.94. The van der Waals surface area contributed by atoms with Crippen molar-refractivity contribution in [3.63, 3.8) is 0 Å². The topological polar surface area (TPSA) is 98.9 Å². The lowest BCUT2D eigenvalue weighted by Gasteiger charge is -2.21. The Morgan fingerprint density at radius 2 is 2.06 bits per heavy atom. The van der Waals surface area contributed by atoms with Crippen LogP contribution in [0.3, 0.4) is 0 Å². The first-order chi connectivity index (χ1) is 8.44. The van der Waals surface area contributed by atoms with Gasteiger partial charge in [-0.3, -0.25) is 14.7 Å². The number of thiophene rings is 1. The molecule has 18 heavy (non-hydrogen) atoms. The van der Waals surface area contributed by atoms with Crippen LogP contribution in [0.4, 0.5) is 5.00 Å². The second-order valence-corrected chi connectivity index (χ2v) is 6.20. The molecular weight excluding hydrogens is 281 g/mol. The van der Waals surface area contributed by atoms with Gasteiger partial charge in [0.2, 0.25) is 0 Å². The number of aliphatic hydroxyl groups excluding tert-OH is 1. The molecule has 0 radical (unpaired) electrons. The van der Waals surface area contributed by atoms with Crippen molar-refractivity contribution < 1.29 is 23.6 Å². The maximum Gasteiger partial charge on any atom is 0.363 e. The zero-order valence-corrected chi connectivity index (χ0v) is 11.6. The molecule has 1 rings (SSSR count). The van der Waals surface area contributed by atoms with E-state index in [-0.39, 0.29) is 23.8 Å². The largest absolute Gasteiger partial charge is 0.376 e. The van der Waals surface area contributed by atoms with E-state index in [0.717, 1.165) is 11.3 Å². The van der Waals surface area contributed by atoms with Crippen molar-refractivity contribution in [1.29, 1.82) is 0 Å². The highest BCUT2D eigenvalue weighted by molar-refractivity contribution is 7.54. The molecule has 9 heteroatoms. The van der Waals surface area contributed by atoms with Crippen LogP contribution in [0.5, 0.6) is 0 Å². The van der Waals surface area contributed by atoms with Gasteiger partial charge in [-0.05, 0) is 13.8 Å². The van der Waals surface area contributed by atoms with Crippen LogP contribution in [-0.4, -0.2) is 23.2 Å². The van der Waals surface area contributed by atoms with Gasteiger partial charge in [0.05, 0.1) is 18.1 Å². The predicted molar refractivity (Wildman–Crippen MR) is 66.8 cm³/mol. The molecule has 0 aliphatic heterocycles. The maximum absolute atomic E-state index is 12.2. The molecule has 1 unspecified atom stereocenters. The highest BCUT2D eigenvalue weighted by Crippen LogP contribution is 2.60. The molecule has 1 heterocycles. The molecule has 0 fully saturated rings. The van der Waals surface area contributed by atoms with Crippen LogP contribution >= 0.6 is 18.9 Å². The molecular formula is C9H14NO6PS. The van der Waals surface area contributed by atoms with Crippen molar-refractivity contribution in [2.24, 2.45) is 0 Å². The summed E-state index contributed by atoms with van der Waals surface area (Å²) in [4.78, 5) is 9.96. The van der Waals surface area contributed by atoms with E-state index in [1.807, 2.05) is 0 Å². The maximum atomic E-state index is 12.2. The van der Waals surface area contributed by atoms with E-state index < -0.39 is 18.4 Å². The van der Waals surface area contributed by atoms with E-state index in [4.69, 9.17) is 9.05 Å². The smallest absolute Gasteiger partial charge is 0.363 e. The number of nitrogens with zero attached hydrogens (tertiary/aromatic N) is 1. The van der Waals surface area contributed by atoms with Crippen LogP contribution in [0, 0.1) is 10.1 Å². The minimum Gasteiger partial charge on any atom is -0.376 e. The van der Waals surface area contributed by atoms with Gasteiger partial charge in [0.1, 0.15) is 0 Å². The minimum absolute atomic E-state index is 0.112. The average molecular weight is 295 g/mol. The van der Waals surface area contributed by atoms with E-state index in [1.54, 1.807) is 13.8 Å². The summed E-state index contributed by atoms with van der Waals surface area (Å²) in [6, 6.07) is 1.17. The number of nitro groups is 1. The monoisotopic (exact) mass is 295 g/mol. The summed E-state index contributed by atoms with van der Waals surface area (Å²) >= 11 is 0.847. The molecule has 7 nitrogen and oxygen atoms in total. The first-order valence-electron chi connectivity index (χ1n) is 5.24. The zero-order chi connectivity index (χ0) is 13.8. The summed E-state index contributed by atoms with van der Waals surface area (Å²) in [5.41, 5.74) is 0.164. The molecule has 0 saturated heterocycles.